The zero-order valence-corrected chi connectivity index (χ0v) is 17.2. The number of carbonyl (C=O) groups excluding carboxylic acids is 2. The molecule has 1 aliphatic rings. The summed E-state index contributed by atoms with van der Waals surface area (Å²) in [4.78, 5) is 24.1. The summed E-state index contributed by atoms with van der Waals surface area (Å²) in [6.07, 6.45) is 1.05. The van der Waals surface area contributed by atoms with Gasteiger partial charge in [-0.3, -0.25) is 9.59 Å². The summed E-state index contributed by atoms with van der Waals surface area (Å²) < 4.78 is 42.9. The van der Waals surface area contributed by atoms with Gasteiger partial charge in [0.2, 0.25) is 10.0 Å². The predicted octanol–water partition coefficient (Wildman–Crippen LogP) is 0.458. The first-order valence-corrected chi connectivity index (χ1v) is 10.7. The van der Waals surface area contributed by atoms with Crippen molar-refractivity contribution in [2.24, 2.45) is 0 Å². The maximum absolute atomic E-state index is 13.0. The number of amides is 2. The second-order valence-electron chi connectivity index (χ2n) is 6.44. The molecule has 2 amide bonds. The van der Waals surface area contributed by atoms with Crippen LogP contribution in [-0.2, 0) is 30.9 Å². The van der Waals surface area contributed by atoms with Gasteiger partial charge in [-0.1, -0.05) is 0 Å². The predicted molar refractivity (Wildman–Crippen MR) is 105 cm³/mol. The second-order valence-corrected chi connectivity index (χ2v) is 8.33. The molecule has 2 aromatic rings. The van der Waals surface area contributed by atoms with Crippen molar-refractivity contribution in [1.29, 1.82) is 0 Å². The van der Waals surface area contributed by atoms with E-state index >= 15 is 0 Å². The number of rotatable bonds is 7. The lowest BCUT2D eigenvalue weighted by molar-refractivity contribution is -0.140. The summed E-state index contributed by atoms with van der Waals surface area (Å²) in [6.45, 7) is 0.485. The molecule has 0 spiro atoms. The van der Waals surface area contributed by atoms with Crippen molar-refractivity contribution in [1.82, 2.24) is 14.9 Å². The van der Waals surface area contributed by atoms with Crippen LogP contribution in [0.3, 0.4) is 0 Å². The SMILES string of the molecule is COc1ccc(S(=O)(=O)N2CCCO[C@H]2CNC(=O)C(=O)NCc2ccco2)cc1. The molecular weight excluding hydrogens is 414 g/mol. The fourth-order valence-electron chi connectivity index (χ4n) is 2.91. The van der Waals surface area contributed by atoms with Crippen molar-refractivity contribution < 1.29 is 31.9 Å². The summed E-state index contributed by atoms with van der Waals surface area (Å²) >= 11 is 0. The molecule has 0 aliphatic carbocycles. The molecule has 1 atom stereocenters. The van der Waals surface area contributed by atoms with Gasteiger partial charge < -0.3 is 24.5 Å². The quantitative estimate of drug-likeness (QED) is 0.603. The van der Waals surface area contributed by atoms with E-state index in [0.29, 0.717) is 24.5 Å². The molecule has 1 fully saturated rings. The number of furan rings is 1. The average Bonchev–Trinajstić information content (AvgIpc) is 3.29. The van der Waals surface area contributed by atoms with Gasteiger partial charge in [-0.05, 0) is 42.8 Å². The van der Waals surface area contributed by atoms with Gasteiger partial charge in [0.1, 0.15) is 17.7 Å². The molecule has 2 heterocycles. The number of methoxy groups -OCH3 is 1. The molecule has 10 nitrogen and oxygen atoms in total. The molecule has 2 N–H and O–H groups in total. The summed E-state index contributed by atoms with van der Waals surface area (Å²) in [5, 5.41) is 4.84. The highest BCUT2D eigenvalue weighted by Gasteiger charge is 2.35. The summed E-state index contributed by atoms with van der Waals surface area (Å²) in [7, 11) is -2.36. The van der Waals surface area contributed by atoms with E-state index < -0.39 is 28.1 Å². The number of hydrogen-bond donors (Lipinski definition) is 2. The maximum Gasteiger partial charge on any atom is 0.309 e. The Morgan fingerprint density at radius 2 is 1.90 bits per heavy atom. The Kier molecular flexibility index (Phi) is 7.08. The number of nitrogens with one attached hydrogen (secondary N) is 2. The van der Waals surface area contributed by atoms with Crippen LogP contribution in [0.4, 0.5) is 0 Å². The standard InChI is InChI=1S/C19H23N3O7S/c1-27-14-5-7-16(8-6-14)30(25,26)22-9-3-11-29-17(22)13-21-19(24)18(23)20-12-15-4-2-10-28-15/h2,4-8,10,17H,3,9,11-13H2,1H3,(H,20,23)(H,21,24)/t17-/m0/s1. The van der Waals surface area contributed by atoms with Crippen LogP contribution in [0.25, 0.3) is 0 Å². The Morgan fingerprint density at radius 3 is 2.57 bits per heavy atom. The number of hydrogen-bond acceptors (Lipinski definition) is 7. The normalized spacial score (nSPS) is 17.3. The largest absolute Gasteiger partial charge is 0.497 e. The average molecular weight is 437 g/mol. The molecule has 162 valence electrons. The Hall–Kier alpha value is -2.89. The smallest absolute Gasteiger partial charge is 0.309 e. The molecule has 0 unspecified atom stereocenters. The number of benzene rings is 1. The van der Waals surface area contributed by atoms with Crippen LogP contribution in [0, 0.1) is 0 Å². The molecule has 1 saturated heterocycles. The van der Waals surface area contributed by atoms with Crippen molar-refractivity contribution in [2.45, 2.75) is 24.1 Å². The number of ether oxygens (including phenoxy) is 2. The molecule has 11 heteroatoms. The molecule has 30 heavy (non-hydrogen) atoms. The molecule has 1 aromatic carbocycles. The first-order chi connectivity index (χ1) is 14.4. The van der Waals surface area contributed by atoms with E-state index in [1.807, 2.05) is 0 Å². The third-order valence-electron chi connectivity index (χ3n) is 4.47. The highest BCUT2D eigenvalue weighted by molar-refractivity contribution is 7.89. The van der Waals surface area contributed by atoms with Crippen molar-refractivity contribution in [2.75, 3.05) is 26.8 Å². The van der Waals surface area contributed by atoms with Gasteiger partial charge in [-0.25, -0.2) is 8.42 Å². The Balaban J connectivity index is 1.60. The lowest BCUT2D eigenvalue weighted by Gasteiger charge is -2.34. The fourth-order valence-corrected chi connectivity index (χ4v) is 4.47. The number of sulfonamides is 1. The molecule has 0 radical (unpaired) electrons. The molecule has 1 aliphatic heterocycles. The van der Waals surface area contributed by atoms with E-state index in [4.69, 9.17) is 13.9 Å². The highest BCUT2D eigenvalue weighted by atomic mass is 32.2. The van der Waals surface area contributed by atoms with Gasteiger partial charge in [0.05, 0.1) is 38.0 Å². The first-order valence-electron chi connectivity index (χ1n) is 9.27. The van der Waals surface area contributed by atoms with Crippen molar-refractivity contribution >= 4 is 21.8 Å². The molecule has 0 bridgehead atoms. The third kappa shape index (κ3) is 5.17. The number of carbonyl (C=O) groups is 2. The zero-order valence-electron chi connectivity index (χ0n) is 16.4. The summed E-state index contributed by atoms with van der Waals surface area (Å²) in [5.74, 6) is -0.707. The lowest BCUT2D eigenvalue weighted by Crippen LogP contribution is -2.53. The second kappa shape index (κ2) is 9.74. The molecule has 1 aromatic heterocycles. The van der Waals surface area contributed by atoms with Gasteiger partial charge in [0.15, 0.2) is 0 Å². The van der Waals surface area contributed by atoms with Gasteiger partial charge in [-0.2, -0.15) is 4.31 Å². The van der Waals surface area contributed by atoms with Gasteiger partial charge in [0, 0.05) is 6.54 Å². The van der Waals surface area contributed by atoms with Crippen LogP contribution in [0.5, 0.6) is 5.75 Å². The van der Waals surface area contributed by atoms with Gasteiger partial charge in [0.25, 0.3) is 0 Å². The monoisotopic (exact) mass is 437 g/mol. The summed E-state index contributed by atoms with van der Waals surface area (Å²) in [6, 6.07) is 9.33. The van der Waals surface area contributed by atoms with E-state index in [1.54, 1.807) is 24.3 Å². The van der Waals surface area contributed by atoms with Crippen molar-refractivity contribution in [3.8, 4) is 5.75 Å². The van der Waals surface area contributed by atoms with E-state index in [9.17, 15) is 18.0 Å². The molecule has 3 rings (SSSR count). The minimum absolute atomic E-state index is 0.0666. The lowest BCUT2D eigenvalue weighted by atomic mass is 10.3. The van der Waals surface area contributed by atoms with E-state index in [-0.39, 0.29) is 24.5 Å². The van der Waals surface area contributed by atoms with Crippen LogP contribution in [0.15, 0.2) is 52.0 Å². The molecule has 0 saturated carbocycles. The maximum atomic E-state index is 13.0. The Labute approximate surface area is 174 Å². The Morgan fingerprint density at radius 1 is 1.17 bits per heavy atom. The van der Waals surface area contributed by atoms with Gasteiger partial charge in [-0.15, -0.1) is 0 Å². The van der Waals surface area contributed by atoms with Gasteiger partial charge >= 0.3 is 11.8 Å². The van der Waals surface area contributed by atoms with Crippen LogP contribution < -0.4 is 15.4 Å². The highest BCUT2D eigenvalue weighted by Crippen LogP contribution is 2.23. The minimum Gasteiger partial charge on any atom is -0.497 e. The van der Waals surface area contributed by atoms with Crippen molar-refractivity contribution in [3.05, 3.63) is 48.4 Å². The topological polar surface area (TPSA) is 127 Å². The van der Waals surface area contributed by atoms with E-state index in [0.717, 1.165) is 0 Å². The number of nitrogens with zero attached hydrogens (tertiary/aromatic N) is 1. The first kappa shape index (κ1) is 21.8. The minimum atomic E-state index is -3.86. The molecular formula is C19H23N3O7S. The van der Waals surface area contributed by atoms with Crippen LogP contribution in [-0.4, -0.2) is 57.6 Å². The van der Waals surface area contributed by atoms with Crippen LogP contribution >= 0.6 is 0 Å². The summed E-state index contributed by atoms with van der Waals surface area (Å²) in [5.41, 5.74) is 0. The Bertz CT molecular complexity index is 959. The van der Waals surface area contributed by atoms with E-state index in [1.165, 1.54) is 29.8 Å². The fraction of sp³-hybridized carbons (Fsp3) is 0.368. The van der Waals surface area contributed by atoms with Crippen molar-refractivity contribution in [3.63, 3.8) is 0 Å². The van der Waals surface area contributed by atoms with E-state index in [2.05, 4.69) is 10.6 Å². The van der Waals surface area contributed by atoms with Crippen LogP contribution in [0.1, 0.15) is 12.2 Å². The van der Waals surface area contributed by atoms with Crippen LogP contribution in [0.2, 0.25) is 0 Å². The third-order valence-corrected chi connectivity index (χ3v) is 6.37. The zero-order chi connectivity index (χ0) is 21.6.